The molecule has 0 aliphatic carbocycles. The van der Waals surface area contributed by atoms with Crippen LogP contribution in [0, 0.1) is 0 Å². The number of nitrogens with zero attached hydrogens (tertiary/aromatic N) is 6. The minimum atomic E-state index is -1.14. The third kappa shape index (κ3) is 16.7. The van der Waals surface area contributed by atoms with Crippen molar-refractivity contribution in [3.8, 4) is 0 Å². The van der Waals surface area contributed by atoms with Crippen LogP contribution in [-0.4, -0.2) is 115 Å². The topological polar surface area (TPSA) is 191 Å². The highest BCUT2D eigenvalue weighted by molar-refractivity contribution is 9.10. The van der Waals surface area contributed by atoms with Gasteiger partial charge in [0.1, 0.15) is 39.3 Å². The van der Waals surface area contributed by atoms with Crippen LogP contribution < -0.4 is 11.1 Å². The fourth-order valence-corrected chi connectivity index (χ4v) is 6.59. The fraction of sp³-hybridized carbons (Fsp3) is 0.588. The van der Waals surface area contributed by atoms with E-state index < -0.39 is 22.1 Å². The molecule has 4 aromatic rings. The molecule has 296 valence electrons. The van der Waals surface area contributed by atoms with Gasteiger partial charge in [-0.2, -0.15) is 0 Å². The molecule has 0 fully saturated rings. The third-order valence-electron chi connectivity index (χ3n) is 7.22. The molecule has 2 atom stereocenters. The highest BCUT2D eigenvalue weighted by Gasteiger charge is 2.21. The maximum Gasteiger partial charge on any atom is 0.339 e. The van der Waals surface area contributed by atoms with E-state index in [9.17, 15) is 14.7 Å². The van der Waals surface area contributed by atoms with Crippen LogP contribution >= 0.6 is 31.9 Å². The Morgan fingerprint density at radius 1 is 0.811 bits per heavy atom. The Hall–Kier alpha value is -2.63. The molecule has 0 aromatic carbocycles. The van der Waals surface area contributed by atoms with E-state index in [1.807, 2.05) is 18.4 Å². The van der Waals surface area contributed by atoms with Crippen LogP contribution in [0.3, 0.4) is 0 Å². The molecule has 0 saturated heterocycles. The lowest BCUT2D eigenvalue weighted by atomic mass is 10.2. The maximum absolute atomic E-state index is 12.6. The van der Waals surface area contributed by atoms with Gasteiger partial charge >= 0.3 is 5.97 Å². The standard InChI is InChI=1S/C17H27BrN4O3Si.C13H18BrN3O3Si.C4H11NO/c1-12(10-24-2)20-17(23)13-9-22(11-25-6-7-26(3,4)5)16-15(13)21-14(18)8-19-16;1-21(2,3)5-4-20-8-17-7-9(13(18)19)11-12(17)15-6-10(14)16-11;1-4(5)3-6-2/h8-9,12H,6-7,10-11H2,1-5H3,(H,20,23);6-7H,4-5,8H2,1-3H3,(H,18,19);4H,3,5H2,1-2H3/t12-;;4-/m0.0/s1. The summed E-state index contributed by atoms with van der Waals surface area (Å²) >= 11 is 6.53. The van der Waals surface area contributed by atoms with Crippen molar-refractivity contribution in [2.24, 2.45) is 5.73 Å². The molecule has 1 amide bonds. The van der Waals surface area contributed by atoms with Gasteiger partial charge < -0.3 is 44.2 Å². The highest BCUT2D eigenvalue weighted by Crippen LogP contribution is 2.22. The van der Waals surface area contributed by atoms with Crippen molar-refractivity contribution >= 4 is 82.2 Å². The number of hydrogen-bond donors (Lipinski definition) is 3. The van der Waals surface area contributed by atoms with Crippen LogP contribution in [0.2, 0.25) is 51.4 Å². The van der Waals surface area contributed by atoms with Crippen molar-refractivity contribution in [3.05, 3.63) is 45.1 Å². The number of aromatic carboxylic acids is 1. The average molecular weight is 905 g/mol. The molecule has 0 bridgehead atoms. The van der Waals surface area contributed by atoms with E-state index in [1.54, 1.807) is 37.4 Å². The van der Waals surface area contributed by atoms with Crippen molar-refractivity contribution in [3.63, 3.8) is 0 Å². The minimum Gasteiger partial charge on any atom is -0.478 e. The Kier molecular flexibility index (Phi) is 19.4. The van der Waals surface area contributed by atoms with Gasteiger partial charge in [-0.25, -0.2) is 24.7 Å². The molecule has 4 N–H and O–H groups in total. The summed E-state index contributed by atoms with van der Waals surface area (Å²) in [5, 5.41) is 12.1. The normalized spacial score (nSPS) is 12.8. The Morgan fingerprint density at radius 3 is 1.62 bits per heavy atom. The molecule has 4 aromatic heterocycles. The highest BCUT2D eigenvalue weighted by atomic mass is 79.9. The van der Waals surface area contributed by atoms with Gasteiger partial charge in [0, 0.05) is 68.1 Å². The van der Waals surface area contributed by atoms with Gasteiger partial charge in [-0.15, -0.1) is 0 Å². The number of methoxy groups -OCH3 is 2. The number of nitrogens with two attached hydrogens (primary N) is 1. The zero-order valence-corrected chi connectivity index (χ0v) is 37.7. The zero-order valence-electron chi connectivity index (χ0n) is 32.5. The lowest BCUT2D eigenvalue weighted by Crippen LogP contribution is -2.35. The van der Waals surface area contributed by atoms with Crippen molar-refractivity contribution < 1.29 is 33.6 Å². The van der Waals surface area contributed by atoms with E-state index >= 15 is 0 Å². The summed E-state index contributed by atoms with van der Waals surface area (Å²) in [6, 6.07) is 2.23. The summed E-state index contributed by atoms with van der Waals surface area (Å²) in [6.07, 6.45) is 6.44. The smallest absolute Gasteiger partial charge is 0.339 e. The van der Waals surface area contributed by atoms with E-state index in [2.05, 4.69) is 101 Å². The number of nitrogens with one attached hydrogen (secondary N) is 1. The number of fused-ring (bicyclic) bond motifs is 2. The van der Waals surface area contributed by atoms with Crippen molar-refractivity contribution in [2.75, 3.05) is 40.6 Å². The Morgan fingerprint density at radius 2 is 1.25 bits per heavy atom. The number of carbonyl (C=O) groups is 2. The van der Waals surface area contributed by atoms with Crippen LogP contribution in [0.1, 0.15) is 34.6 Å². The molecule has 0 aliphatic rings. The van der Waals surface area contributed by atoms with E-state index in [0.29, 0.717) is 70.3 Å². The molecule has 53 heavy (non-hydrogen) atoms. The predicted molar refractivity (Wildman–Crippen MR) is 220 cm³/mol. The largest absolute Gasteiger partial charge is 0.478 e. The average Bonchev–Trinajstić information content (AvgIpc) is 3.59. The quantitative estimate of drug-likeness (QED) is 0.0776. The molecule has 0 saturated carbocycles. The summed E-state index contributed by atoms with van der Waals surface area (Å²) in [7, 11) is 0.977. The van der Waals surface area contributed by atoms with Crippen LogP contribution in [-0.2, 0) is 32.4 Å². The molecular weight excluding hydrogens is 848 g/mol. The molecule has 0 aliphatic heterocycles. The maximum atomic E-state index is 12.6. The molecule has 15 nitrogen and oxygen atoms in total. The number of hydrogen-bond acceptors (Lipinski definition) is 11. The monoisotopic (exact) mass is 902 g/mol. The molecule has 0 radical (unpaired) electrons. The number of ether oxygens (including phenoxy) is 4. The second-order valence-electron chi connectivity index (χ2n) is 15.0. The van der Waals surface area contributed by atoms with Gasteiger partial charge in [-0.05, 0) is 57.8 Å². The van der Waals surface area contributed by atoms with Crippen molar-refractivity contribution in [1.29, 1.82) is 0 Å². The third-order valence-corrected chi connectivity index (χ3v) is 11.4. The van der Waals surface area contributed by atoms with Gasteiger partial charge in [0.25, 0.3) is 5.91 Å². The van der Waals surface area contributed by atoms with Gasteiger partial charge in [-0.3, -0.25) is 4.79 Å². The number of aromatic nitrogens is 6. The van der Waals surface area contributed by atoms with E-state index in [-0.39, 0.29) is 30.3 Å². The number of carboxylic acids is 1. The predicted octanol–water partition coefficient (Wildman–Crippen LogP) is 6.46. The lowest BCUT2D eigenvalue weighted by Gasteiger charge is -2.15. The van der Waals surface area contributed by atoms with Crippen LogP contribution in [0.5, 0.6) is 0 Å². The van der Waals surface area contributed by atoms with Gasteiger partial charge in [0.15, 0.2) is 11.3 Å². The first kappa shape index (κ1) is 46.5. The van der Waals surface area contributed by atoms with E-state index in [1.165, 1.54) is 6.20 Å². The second-order valence-corrected chi connectivity index (χ2v) is 27.9. The molecule has 4 rings (SSSR count). The lowest BCUT2D eigenvalue weighted by molar-refractivity contribution is 0.0695. The number of carboxylic acid groups (broad SMARTS) is 1. The number of rotatable bonds is 17. The van der Waals surface area contributed by atoms with E-state index in [0.717, 1.165) is 12.1 Å². The molecule has 19 heteroatoms. The molecule has 0 spiro atoms. The Balaban J connectivity index is 0.000000323. The second kappa shape index (κ2) is 22.1. The number of amides is 1. The number of carbonyl (C=O) groups excluding carboxylic acids is 1. The number of halogens is 2. The summed E-state index contributed by atoms with van der Waals surface area (Å²) in [5.41, 5.74) is 7.95. The first-order valence-electron chi connectivity index (χ1n) is 17.2. The molecule has 0 unspecified atom stereocenters. The summed E-state index contributed by atoms with van der Waals surface area (Å²) in [5.74, 6) is -1.22. The van der Waals surface area contributed by atoms with Crippen LogP contribution in [0.25, 0.3) is 22.3 Å². The Bertz CT molecular complexity index is 1760. The summed E-state index contributed by atoms with van der Waals surface area (Å²) in [6.45, 7) is 20.7. The van der Waals surface area contributed by atoms with Gasteiger partial charge in [0.2, 0.25) is 0 Å². The summed E-state index contributed by atoms with van der Waals surface area (Å²) in [4.78, 5) is 41.2. The van der Waals surface area contributed by atoms with E-state index in [4.69, 9.17) is 19.9 Å². The van der Waals surface area contributed by atoms with Crippen molar-refractivity contribution in [1.82, 2.24) is 34.4 Å². The van der Waals surface area contributed by atoms with Crippen LogP contribution in [0.15, 0.2) is 34.0 Å². The molecule has 4 heterocycles. The van der Waals surface area contributed by atoms with Gasteiger partial charge in [0.05, 0.1) is 31.2 Å². The first-order chi connectivity index (χ1) is 24.8. The van der Waals surface area contributed by atoms with Crippen LogP contribution in [0.4, 0.5) is 0 Å². The Labute approximate surface area is 331 Å². The zero-order chi connectivity index (χ0) is 39.9. The first-order valence-corrected chi connectivity index (χ1v) is 26.2. The van der Waals surface area contributed by atoms with Crippen molar-refractivity contribution in [2.45, 2.75) is 90.8 Å². The SMILES string of the molecule is COC[C@H](C)N.COC[C@H](C)NC(=O)c1cn(COCC[Si](C)(C)C)c2ncc(Br)nc12.C[Si](C)(C)CCOCn1cc(C(=O)O)c2nc(Br)cnc21. The molecular formula is C34H56Br2N8O7Si2. The van der Waals surface area contributed by atoms with Gasteiger partial charge in [-0.1, -0.05) is 39.3 Å². The minimum absolute atomic E-state index is 0.0981. The summed E-state index contributed by atoms with van der Waals surface area (Å²) < 4.78 is 25.8. The fourth-order valence-electron chi connectivity index (χ4n) is 4.52.